The van der Waals surface area contributed by atoms with Crippen LogP contribution < -0.4 is 0 Å². The van der Waals surface area contributed by atoms with Gasteiger partial charge in [-0.1, -0.05) is 0 Å². The van der Waals surface area contributed by atoms with Crippen LogP contribution in [0.15, 0.2) is 18.3 Å². The molecule has 2 aromatic rings. The van der Waals surface area contributed by atoms with Crippen molar-refractivity contribution < 1.29 is 9.90 Å². The van der Waals surface area contributed by atoms with E-state index in [1.165, 1.54) is 0 Å². The van der Waals surface area contributed by atoms with Gasteiger partial charge in [0.05, 0.1) is 17.0 Å². The summed E-state index contributed by atoms with van der Waals surface area (Å²) in [6.45, 7) is 3.89. The molecule has 0 saturated heterocycles. The molecule has 18 heavy (non-hydrogen) atoms. The smallest absolute Gasteiger partial charge is 0.337 e. The Kier molecular flexibility index (Phi) is 3.14. The molecule has 0 bridgehead atoms. The minimum absolute atomic E-state index is 0.250. The van der Waals surface area contributed by atoms with E-state index in [9.17, 15) is 4.79 Å². The molecule has 0 unspecified atom stereocenters. The van der Waals surface area contributed by atoms with Gasteiger partial charge in [-0.2, -0.15) is 5.10 Å². The Morgan fingerprint density at radius 2 is 2.17 bits per heavy atom. The van der Waals surface area contributed by atoms with Crippen LogP contribution in [-0.2, 0) is 13.5 Å². The fourth-order valence-electron chi connectivity index (χ4n) is 2.01. The Morgan fingerprint density at radius 3 is 2.72 bits per heavy atom. The second-order valence-electron chi connectivity index (χ2n) is 4.25. The van der Waals surface area contributed by atoms with E-state index in [1.807, 2.05) is 20.9 Å². The molecule has 2 rings (SSSR count). The number of pyridine rings is 1. The van der Waals surface area contributed by atoms with Crippen molar-refractivity contribution in [3.05, 3.63) is 46.5 Å². The van der Waals surface area contributed by atoms with Gasteiger partial charge >= 0.3 is 5.97 Å². The summed E-state index contributed by atoms with van der Waals surface area (Å²) < 4.78 is 1.80. The number of carbonyl (C=O) groups is 1. The summed E-state index contributed by atoms with van der Waals surface area (Å²) in [5, 5.41) is 13.4. The van der Waals surface area contributed by atoms with Gasteiger partial charge in [-0.15, -0.1) is 0 Å². The van der Waals surface area contributed by atoms with E-state index >= 15 is 0 Å². The van der Waals surface area contributed by atoms with Crippen molar-refractivity contribution in [3.8, 4) is 0 Å². The summed E-state index contributed by atoms with van der Waals surface area (Å²) in [6.07, 6.45) is 2.11. The van der Waals surface area contributed by atoms with Crippen molar-refractivity contribution in [1.29, 1.82) is 0 Å². The van der Waals surface area contributed by atoms with Crippen LogP contribution in [0, 0.1) is 13.8 Å². The van der Waals surface area contributed by atoms with Crippen LogP contribution in [0.2, 0.25) is 0 Å². The molecule has 0 aromatic carbocycles. The third kappa shape index (κ3) is 2.11. The molecule has 0 atom stereocenters. The molecule has 0 aliphatic heterocycles. The number of aryl methyl sites for hydroxylation is 2. The first kappa shape index (κ1) is 12.3. The average Bonchev–Trinajstić information content (AvgIpc) is 2.56. The molecular weight excluding hydrogens is 230 g/mol. The van der Waals surface area contributed by atoms with Crippen molar-refractivity contribution in [2.24, 2.45) is 7.05 Å². The van der Waals surface area contributed by atoms with E-state index in [0.717, 1.165) is 17.0 Å². The highest BCUT2D eigenvalue weighted by atomic mass is 16.4. The number of hydrogen-bond donors (Lipinski definition) is 1. The van der Waals surface area contributed by atoms with Gasteiger partial charge in [0, 0.05) is 30.9 Å². The molecule has 0 aliphatic rings. The van der Waals surface area contributed by atoms with Crippen LogP contribution in [0.25, 0.3) is 0 Å². The molecule has 0 saturated carbocycles. The summed E-state index contributed by atoms with van der Waals surface area (Å²) in [7, 11) is 1.88. The maximum Gasteiger partial charge on any atom is 0.337 e. The number of hydrogen-bond acceptors (Lipinski definition) is 3. The van der Waals surface area contributed by atoms with Gasteiger partial charge in [-0.3, -0.25) is 9.67 Å². The Balaban J connectivity index is 2.43. The molecule has 2 heterocycles. The van der Waals surface area contributed by atoms with E-state index in [4.69, 9.17) is 5.11 Å². The van der Waals surface area contributed by atoms with Gasteiger partial charge in [0.25, 0.3) is 0 Å². The fourth-order valence-corrected chi connectivity index (χ4v) is 2.01. The topological polar surface area (TPSA) is 68.0 Å². The summed E-state index contributed by atoms with van der Waals surface area (Å²) in [5.74, 6) is -0.947. The van der Waals surface area contributed by atoms with Crippen LogP contribution in [0.1, 0.15) is 33.0 Å². The minimum Gasteiger partial charge on any atom is -0.478 e. The number of aromatic nitrogens is 3. The van der Waals surface area contributed by atoms with Gasteiger partial charge in [0.15, 0.2) is 0 Å². The Bertz CT molecular complexity index is 602. The molecule has 5 nitrogen and oxygen atoms in total. The number of carboxylic acid groups (broad SMARTS) is 1. The largest absolute Gasteiger partial charge is 0.478 e. The maximum atomic E-state index is 11.1. The normalized spacial score (nSPS) is 10.6. The molecule has 2 aromatic heterocycles. The minimum atomic E-state index is -0.947. The van der Waals surface area contributed by atoms with Crippen molar-refractivity contribution in [1.82, 2.24) is 14.8 Å². The predicted octanol–water partition coefficient (Wildman–Crippen LogP) is 1.72. The van der Waals surface area contributed by atoms with Crippen molar-refractivity contribution in [2.75, 3.05) is 0 Å². The zero-order chi connectivity index (χ0) is 13.3. The lowest BCUT2D eigenvalue weighted by Crippen LogP contribution is -2.06. The molecular formula is C13H15N3O2. The SMILES string of the molecule is Cc1nn(C)c(C)c1Cc1ncccc1C(=O)O. The highest BCUT2D eigenvalue weighted by molar-refractivity contribution is 5.88. The van der Waals surface area contributed by atoms with Gasteiger partial charge in [0.2, 0.25) is 0 Å². The van der Waals surface area contributed by atoms with Crippen LogP contribution in [0.4, 0.5) is 0 Å². The Hall–Kier alpha value is -2.17. The first-order valence-electron chi connectivity index (χ1n) is 5.67. The Labute approximate surface area is 105 Å². The van der Waals surface area contributed by atoms with Crippen LogP contribution in [0.3, 0.4) is 0 Å². The molecule has 0 amide bonds. The van der Waals surface area contributed by atoms with Crippen molar-refractivity contribution in [3.63, 3.8) is 0 Å². The number of nitrogens with zero attached hydrogens (tertiary/aromatic N) is 3. The zero-order valence-electron chi connectivity index (χ0n) is 10.6. The third-order valence-electron chi connectivity index (χ3n) is 3.12. The summed E-state index contributed by atoms with van der Waals surface area (Å²) in [4.78, 5) is 15.3. The molecule has 0 fully saturated rings. The number of carboxylic acids is 1. The van der Waals surface area contributed by atoms with Crippen LogP contribution in [0.5, 0.6) is 0 Å². The van der Waals surface area contributed by atoms with E-state index in [-0.39, 0.29) is 5.56 Å². The lowest BCUT2D eigenvalue weighted by molar-refractivity contribution is 0.0695. The van der Waals surface area contributed by atoms with Crippen LogP contribution >= 0.6 is 0 Å². The van der Waals surface area contributed by atoms with E-state index < -0.39 is 5.97 Å². The fraction of sp³-hybridized carbons (Fsp3) is 0.308. The van der Waals surface area contributed by atoms with Gasteiger partial charge in [0.1, 0.15) is 0 Å². The summed E-state index contributed by atoms with van der Waals surface area (Å²) in [6, 6.07) is 3.21. The van der Waals surface area contributed by atoms with Gasteiger partial charge < -0.3 is 5.11 Å². The molecule has 5 heteroatoms. The predicted molar refractivity (Wildman–Crippen MR) is 66.7 cm³/mol. The highest BCUT2D eigenvalue weighted by Gasteiger charge is 2.15. The molecule has 1 N–H and O–H groups in total. The average molecular weight is 245 g/mol. The molecule has 0 radical (unpaired) electrons. The second-order valence-corrected chi connectivity index (χ2v) is 4.25. The molecule has 94 valence electrons. The zero-order valence-corrected chi connectivity index (χ0v) is 10.6. The number of rotatable bonds is 3. The Morgan fingerprint density at radius 1 is 1.44 bits per heavy atom. The van der Waals surface area contributed by atoms with Crippen LogP contribution in [-0.4, -0.2) is 25.8 Å². The highest BCUT2D eigenvalue weighted by Crippen LogP contribution is 2.18. The van der Waals surface area contributed by atoms with Gasteiger partial charge in [-0.25, -0.2) is 4.79 Å². The lowest BCUT2D eigenvalue weighted by Gasteiger charge is -2.05. The summed E-state index contributed by atoms with van der Waals surface area (Å²) in [5.41, 5.74) is 3.81. The second kappa shape index (κ2) is 4.60. The van der Waals surface area contributed by atoms with E-state index in [1.54, 1.807) is 23.0 Å². The third-order valence-corrected chi connectivity index (χ3v) is 3.12. The maximum absolute atomic E-state index is 11.1. The first-order valence-corrected chi connectivity index (χ1v) is 5.67. The van der Waals surface area contributed by atoms with Crippen molar-refractivity contribution >= 4 is 5.97 Å². The van der Waals surface area contributed by atoms with E-state index in [2.05, 4.69) is 10.1 Å². The molecule has 0 spiro atoms. The van der Waals surface area contributed by atoms with E-state index in [0.29, 0.717) is 12.1 Å². The van der Waals surface area contributed by atoms with Crippen molar-refractivity contribution in [2.45, 2.75) is 20.3 Å². The standard InChI is InChI=1S/C13H15N3O2/c1-8-11(9(2)16(3)15-8)7-12-10(13(17)18)5-4-6-14-12/h4-6H,7H2,1-3H3,(H,17,18). The monoisotopic (exact) mass is 245 g/mol. The number of aromatic carboxylic acids is 1. The quantitative estimate of drug-likeness (QED) is 0.894. The van der Waals surface area contributed by atoms with Gasteiger partial charge in [-0.05, 0) is 26.0 Å². The lowest BCUT2D eigenvalue weighted by atomic mass is 10.0. The summed E-state index contributed by atoms with van der Waals surface area (Å²) >= 11 is 0. The molecule has 0 aliphatic carbocycles. The first-order chi connectivity index (χ1) is 8.50.